The quantitative estimate of drug-likeness (QED) is 0.507. The lowest BCUT2D eigenvalue weighted by Gasteiger charge is -2.20. The van der Waals surface area contributed by atoms with Crippen LogP contribution in [0.1, 0.15) is 27.9 Å². The molecule has 1 amide bonds. The maximum atomic E-state index is 13.5. The molecule has 0 unspecified atom stereocenters. The van der Waals surface area contributed by atoms with E-state index >= 15 is 0 Å². The van der Waals surface area contributed by atoms with Gasteiger partial charge < -0.3 is 19.1 Å². The summed E-state index contributed by atoms with van der Waals surface area (Å²) in [5.74, 6) is 1.85. The molecule has 0 aromatic heterocycles. The fourth-order valence-electron chi connectivity index (χ4n) is 4.33. The first-order chi connectivity index (χ1) is 16.6. The van der Waals surface area contributed by atoms with Gasteiger partial charge in [-0.25, -0.2) is 0 Å². The molecule has 2 heterocycles. The Hall–Kier alpha value is -4.06. The van der Waals surface area contributed by atoms with Crippen molar-refractivity contribution in [2.75, 3.05) is 20.8 Å². The Bertz CT molecular complexity index is 1250. The Morgan fingerprint density at radius 2 is 1.79 bits per heavy atom. The summed E-state index contributed by atoms with van der Waals surface area (Å²) in [4.78, 5) is 20.0. The van der Waals surface area contributed by atoms with E-state index in [-0.39, 0.29) is 11.9 Å². The Kier molecular flexibility index (Phi) is 6.04. The molecular weight excluding hydrogens is 428 g/mol. The van der Waals surface area contributed by atoms with E-state index in [2.05, 4.69) is 11.1 Å². The first-order valence-electron chi connectivity index (χ1n) is 11.2. The van der Waals surface area contributed by atoms with Gasteiger partial charge in [0.25, 0.3) is 5.91 Å². The van der Waals surface area contributed by atoms with Crippen LogP contribution in [0.5, 0.6) is 17.2 Å². The molecule has 0 saturated carbocycles. The highest BCUT2D eigenvalue weighted by Gasteiger charge is 2.34. The highest BCUT2D eigenvalue weighted by Crippen LogP contribution is 2.39. The van der Waals surface area contributed by atoms with Gasteiger partial charge in [-0.2, -0.15) is 0 Å². The molecule has 0 N–H and O–H groups in total. The van der Waals surface area contributed by atoms with Crippen molar-refractivity contribution in [3.05, 3.63) is 89.0 Å². The summed E-state index contributed by atoms with van der Waals surface area (Å²) in [6.07, 6.45) is 4.76. The van der Waals surface area contributed by atoms with Crippen LogP contribution in [-0.2, 0) is 6.61 Å². The van der Waals surface area contributed by atoms with Gasteiger partial charge in [0.05, 0.1) is 31.5 Å². The second-order valence-corrected chi connectivity index (χ2v) is 8.35. The zero-order valence-corrected chi connectivity index (χ0v) is 19.2. The zero-order chi connectivity index (χ0) is 23.5. The minimum atomic E-state index is -0.0796. The third kappa shape index (κ3) is 4.39. The lowest BCUT2D eigenvalue weighted by Crippen LogP contribution is -2.35. The van der Waals surface area contributed by atoms with Gasteiger partial charge >= 0.3 is 0 Å². The summed E-state index contributed by atoms with van der Waals surface area (Å²) in [6, 6.07) is 21.3. The number of hydrogen-bond donors (Lipinski definition) is 0. The molecule has 6 heteroatoms. The summed E-state index contributed by atoms with van der Waals surface area (Å²) >= 11 is 0. The number of benzene rings is 3. The van der Waals surface area contributed by atoms with Crippen molar-refractivity contribution in [1.82, 2.24) is 4.90 Å². The maximum absolute atomic E-state index is 13.5. The predicted molar refractivity (Wildman–Crippen MR) is 132 cm³/mol. The molecule has 2 aliphatic heterocycles. The minimum absolute atomic E-state index is 0.0523. The van der Waals surface area contributed by atoms with Crippen LogP contribution in [0.15, 0.2) is 77.3 Å². The maximum Gasteiger partial charge on any atom is 0.257 e. The highest BCUT2D eigenvalue weighted by molar-refractivity contribution is 6.04. The topological polar surface area (TPSA) is 60.4 Å². The number of nitrogens with zero attached hydrogens (tertiary/aromatic N) is 2. The summed E-state index contributed by atoms with van der Waals surface area (Å²) < 4.78 is 16.8. The van der Waals surface area contributed by atoms with Gasteiger partial charge in [0, 0.05) is 18.8 Å². The fraction of sp³-hybridized carbons (Fsp3) is 0.214. The van der Waals surface area contributed by atoms with Crippen LogP contribution < -0.4 is 14.2 Å². The molecule has 3 aromatic rings. The highest BCUT2D eigenvalue weighted by atomic mass is 16.5. The molecule has 3 aromatic carbocycles. The summed E-state index contributed by atoms with van der Waals surface area (Å²) in [5, 5.41) is 0. The van der Waals surface area contributed by atoms with E-state index in [4.69, 9.17) is 14.2 Å². The molecule has 34 heavy (non-hydrogen) atoms. The molecule has 2 aliphatic rings. The van der Waals surface area contributed by atoms with E-state index in [9.17, 15) is 4.79 Å². The molecule has 1 fully saturated rings. The van der Waals surface area contributed by atoms with Gasteiger partial charge in [0.2, 0.25) is 0 Å². The number of hydrogen-bond acceptors (Lipinski definition) is 5. The molecule has 172 valence electrons. The normalized spacial score (nSPS) is 17.8. The van der Waals surface area contributed by atoms with E-state index in [1.165, 1.54) is 5.57 Å². The van der Waals surface area contributed by atoms with Crippen LogP contribution >= 0.6 is 0 Å². The minimum Gasteiger partial charge on any atom is -0.497 e. The largest absolute Gasteiger partial charge is 0.497 e. The molecule has 1 atom stereocenters. The SMILES string of the molecule is COc1ccc(/C=C2\C[C@H]3C=Nc4cc(OCc5ccccc5)c(OC)cc4C(=O)N3C2)cc1. The van der Waals surface area contributed by atoms with E-state index in [1.54, 1.807) is 26.4 Å². The van der Waals surface area contributed by atoms with Gasteiger partial charge in [-0.05, 0) is 41.3 Å². The standard InChI is InChI=1S/C28H26N2O4/c1-32-23-10-8-19(9-11-23)12-21-13-22-16-29-25-15-27(34-18-20-6-4-3-5-7-20)26(33-2)14-24(25)28(31)30(22)17-21/h3-12,14-16,22H,13,17-18H2,1-2H3/b21-12+/t22-/m0/s1. The zero-order valence-electron chi connectivity index (χ0n) is 19.2. The molecule has 0 spiro atoms. The van der Waals surface area contributed by atoms with Crippen LogP contribution in [-0.4, -0.2) is 43.8 Å². The van der Waals surface area contributed by atoms with Crippen molar-refractivity contribution in [1.29, 1.82) is 0 Å². The van der Waals surface area contributed by atoms with Crippen LogP contribution in [0.2, 0.25) is 0 Å². The summed E-state index contributed by atoms with van der Waals surface area (Å²) in [5.41, 5.74) is 4.45. The smallest absolute Gasteiger partial charge is 0.257 e. The number of carbonyl (C=O) groups is 1. The van der Waals surface area contributed by atoms with Gasteiger partial charge in [-0.1, -0.05) is 48.5 Å². The van der Waals surface area contributed by atoms with E-state index in [0.717, 1.165) is 23.3 Å². The monoisotopic (exact) mass is 454 g/mol. The van der Waals surface area contributed by atoms with Crippen LogP contribution in [0.25, 0.3) is 6.08 Å². The average molecular weight is 455 g/mol. The predicted octanol–water partition coefficient (Wildman–Crippen LogP) is 5.30. The van der Waals surface area contributed by atoms with E-state index in [0.29, 0.717) is 35.9 Å². The van der Waals surface area contributed by atoms with Crippen molar-refractivity contribution >= 4 is 23.9 Å². The molecule has 5 rings (SSSR count). The van der Waals surface area contributed by atoms with Crippen molar-refractivity contribution in [3.63, 3.8) is 0 Å². The molecule has 0 bridgehead atoms. The first kappa shape index (κ1) is 21.8. The average Bonchev–Trinajstić information content (AvgIpc) is 3.24. The third-order valence-corrected chi connectivity index (χ3v) is 6.13. The van der Waals surface area contributed by atoms with E-state index < -0.39 is 0 Å². The Morgan fingerprint density at radius 1 is 1.00 bits per heavy atom. The number of fused-ring (bicyclic) bond motifs is 2. The van der Waals surface area contributed by atoms with Gasteiger partial charge in [-0.3, -0.25) is 9.79 Å². The van der Waals surface area contributed by atoms with Crippen LogP contribution in [0.3, 0.4) is 0 Å². The number of methoxy groups -OCH3 is 2. The number of aliphatic imine (C=N–C) groups is 1. The van der Waals surface area contributed by atoms with Crippen molar-refractivity contribution in [2.24, 2.45) is 4.99 Å². The van der Waals surface area contributed by atoms with Gasteiger partial charge in [0.15, 0.2) is 11.5 Å². The number of rotatable bonds is 6. The van der Waals surface area contributed by atoms with Crippen molar-refractivity contribution < 1.29 is 19.0 Å². The molecular formula is C28H26N2O4. The lowest BCUT2D eigenvalue weighted by molar-refractivity contribution is 0.0777. The second kappa shape index (κ2) is 9.43. The number of carbonyl (C=O) groups excluding carboxylic acids is 1. The Labute approximate surface area is 199 Å². The summed E-state index contributed by atoms with van der Waals surface area (Å²) in [6.45, 7) is 0.970. The van der Waals surface area contributed by atoms with Crippen molar-refractivity contribution in [2.45, 2.75) is 19.1 Å². The van der Waals surface area contributed by atoms with Crippen LogP contribution in [0.4, 0.5) is 5.69 Å². The fourth-order valence-corrected chi connectivity index (χ4v) is 4.33. The molecule has 0 aliphatic carbocycles. The van der Waals surface area contributed by atoms with Gasteiger partial charge in [-0.15, -0.1) is 0 Å². The number of amides is 1. The lowest BCUT2D eigenvalue weighted by atomic mass is 10.1. The first-order valence-corrected chi connectivity index (χ1v) is 11.2. The van der Waals surface area contributed by atoms with Crippen molar-refractivity contribution in [3.8, 4) is 17.2 Å². The van der Waals surface area contributed by atoms with Crippen LogP contribution in [0, 0.1) is 0 Å². The van der Waals surface area contributed by atoms with Gasteiger partial charge in [0.1, 0.15) is 12.4 Å². The number of ether oxygens (including phenoxy) is 3. The summed E-state index contributed by atoms with van der Waals surface area (Å²) in [7, 11) is 3.23. The third-order valence-electron chi connectivity index (χ3n) is 6.13. The van der Waals surface area contributed by atoms with E-state index in [1.807, 2.05) is 65.7 Å². The Balaban J connectivity index is 1.38. The Morgan fingerprint density at radius 3 is 2.53 bits per heavy atom. The molecule has 1 saturated heterocycles. The second-order valence-electron chi connectivity index (χ2n) is 8.35. The molecule has 0 radical (unpaired) electrons. The molecule has 6 nitrogen and oxygen atoms in total.